The van der Waals surface area contributed by atoms with Gasteiger partial charge in [0, 0.05) is 46.5 Å². The first kappa shape index (κ1) is 19.4. The van der Waals surface area contributed by atoms with E-state index in [1.54, 1.807) is 7.05 Å². The van der Waals surface area contributed by atoms with Crippen LogP contribution in [0.5, 0.6) is 0 Å². The van der Waals surface area contributed by atoms with Gasteiger partial charge in [0.1, 0.15) is 5.69 Å². The largest absolute Gasteiger partial charge is 0.355 e. The zero-order chi connectivity index (χ0) is 19.8. The van der Waals surface area contributed by atoms with Crippen molar-refractivity contribution in [3.8, 4) is 0 Å². The molecule has 2 heterocycles. The second-order valence-corrected chi connectivity index (χ2v) is 9.93. The van der Waals surface area contributed by atoms with Gasteiger partial charge in [-0.05, 0) is 36.4 Å². The number of fused-ring (bicyclic) bond motifs is 1. The summed E-state index contributed by atoms with van der Waals surface area (Å²) in [5.41, 5.74) is 3.06. The molecule has 27 heavy (non-hydrogen) atoms. The van der Waals surface area contributed by atoms with Crippen molar-refractivity contribution >= 4 is 43.9 Å². The highest BCUT2D eigenvalue weighted by Gasteiger charge is 2.25. The average molecular weight is 407 g/mol. The summed E-state index contributed by atoms with van der Waals surface area (Å²) >= 11 is 1.41. The van der Waals surface area contributed by atoms with E-state index in [2.05, 4.69) is 25.8 Å². The minimum atomic E-state index is -2.65. The molecule has 2 N–H and O–H groups in total. The Bertz CT molecular complexity index is 1010. The molecule has 2 aromatic rings. The van der Waals surface area contributed by atoms with E-state index >= 15 is 0 Å². The summed E-state index contributed by atoms with van der Waals surface area (Å²) in [7, 11) is -1.04. The lowest BCUT2D eigenvalue weighted by molar-refractivity contribution is 0.0958. The van der Waals surface area contributed by atoms with Gasteiger partial charge < -0.3 is 10.2 Å². The Kier molecular flexibility index (Phi) is 5.25. The van der Waals surface area contributed by atoms with Gasteiger partial charge in [-0.15, -0.1) is 11.3 Å². The van der Waals surface area contributed by atoms with Gasteiger partial charge in [-0.25, -0.2) is 9.19 Å². The van der Waals surface area contributed by atoms with Crippen LogP contribution < -0.4 is 14.9 Å². The number of aryl methyl sites for hydroxylation is 1. The molecule has 0 radical (unpaired) electrons. The Hall–Kier alpha value is -2.39. The number of anilines is 1. The van der Waals surface area contributed by atoms with Crippen molar-refractivity contribution < 1.29 is 13.8 Å². The maximum absolute atomic E-state index is 12.3. The van der Waals surface area contributed by atoms with E-state index < -0.39 is 15.6 Å². The van der Waals surface area contributed by atoms with Gasteiger partial charge in [0.25, 0.3) is 11.8 Å². The number of carbonyl (C=O) groups excluding carboxylic acids is 2. The molecule has 1 aromatic carbocycles. The molecule has 3 rings (SSSR count). The molecule has 1 unspecified atom stereocenters. The third kappa shape index (κ3) is 4.14. The third-order valence-corrected chi connectivity index (χ3v) is 5.97. The Morgan fingerprint density at radius 2 is 2.07 bits per heavy atom. The maximum Gasteiger partial charge on any atom is 0.282 e. The van der Waals surface area contributed by atoms with Crippen LogP contribution in [0.4, 0.5) is 5.13 Å². The number of nitrogens with zero attached hydrogens (tertiary/aromatic N) is 2. The van der Waals surface area contributed by atoms with Crippen molar-refractivity contribution in [3.05, 3.63) is 45.5 Å². The van der Waals surface area contributed by atoms with E-state index in [-0.39, 0.29) is 11.6 Å². The lowest BCUT2D eigenvalue weighted by atomic mass is 9.94. The van der Waals surface area contributed by atoms with Crippen molar-refractivity contribution in [2.45, 2.75) is 19.9 Å². The monoisotopic (exact) mass is 406 g/mol. The van der Waals surface area contributed by atoms with Gasteiger partial charge in [0.05, 0.1) is 0 Å². The van der Waals surface area contributed by atoms with Gasteiger partial charge in [-0.2, -0.15) is 0 Å². The van der Waals surface area contributed by atoms with Gasteiger partial charge in [0.15, 0.2) is 5.13 Å². The molecule has 144 valence electrons. The lowest BCUT2D eigenvalue weighted by Gasteiger charge is -2.29. The van der Waals surface area contributed by atoms with Gasteiger partial charge in [0.2, 0.25) is 0 Å². The van der Waals surface area contributed by atoms with Crippen molar-refractivity contribution in [3.63, 3.8) is 0 Å². The van der Waals surface area contributed by atoms with Crippen LogP contribution in [0.3, 0.4) is 0 Å². The molecule has 1 aliphatic rings. The smallest absolute Gasteiger partial charge is 0.282 e. The first-order valence-corrected chi connectivity index (χ1v) is 11.3. The molecule has 0 spiro atoms. The normalized spacial score (nSPS) is 15.6. The highest BCUT2D eigenvalue weighted by atomic mass is 32.2. The first-order chi connectivity index (χ1) is 12.7. The molecule has 0 saturated heterocycles. The summed E-state index contributed by atoms with van der Waals surface area (Å²) < 4.78 is 14.1. The van der Waals surface area contributed by atoms with Crippen LogP contribution in [0.25, 0.3) is 0 Å². The molecule has 0 fully saturated rings. The second kappa shape index (κ2) is 7.32. The Balaban J connectivity index is 1.89. The van der Waals surface area contributed by atoms with Crippen molar-refractivity contribution in [1.29, 1.82) is 0 Å². The van der Waals surface area contributed by atoms with Crippen molar-refractivity contribution in [1.82, 2.24) is 15.0 Å². The predicted octanol–water partition coefficient (Wildman–Crippen LogP) is 1.36. The van der Waals surface area contributed by atoms with E-state index in [4.69, 9.17) is 0 Å². The summed E-state index contributed by atoms with van der Waals surface area (Å²) in [5.74, 6) is 2.85. The van der Waals surface area contributed by atoms with Crippen LogP contribution >= 0.6 is 11.3 Å². The zero-order valence-corrected chi connectivity index (χ0v) is 17.1. The summed E-state index contributed by atoms with van der Waals surface area (Å²) in [5, 5.41) is 3.39. The standard InChI is InChI=1S/C18H22N4O3S2/c1-11-15(17(24)21-27(3,4)25)20-18(26-11)22-9-8-12-6-5-7-13(14(12)10-22)16(23)19-2/h5-7H,3,8-10H2,1-2,4H3,(H,19,23)(H,21,24,25). The molecule has 1 aromatic heterocycles. The maximum atomic E-state index is 12.3. The van der Waals surface area contributed by atoms with Crippen molar-refractivity contribution in [2.24, 2.45) is 0 Å². The van der Waals surface area contributed by atoms with Crippen molar-refractivity contribution in [2.75, 3.05) is 24.7 Å². The van der Waals surface area contributed by atoms with E-state index in [1.807, 2.05) is 25.1 Å². The number of rotatable bonds is 4. The second-order valence-electron chi connectivity index (χ2n) is 6.53. The summed E-state index contributed by atoms with van der Waals surface area (Å²) in [6, 6.07) is 5.76. The van der Waals surface area contributed by atoms with Gasteiger partial charge in [-0.1, -0.05) is 12.1 Å². The summed E-state index contributed by atoms with van der Waals surface area (Å²) in [6.45, 7) is 3.11. The van der Waals surface area contributed by atoms with E-state index in [1.165, 1.54) is 17.6 Å². The molecule has 0 aliphatic carbocycles. The number of amides is 2. The molecular formula is C18H22N4O3S2. The minimum Gasteiger partial charge on any atom is -0.355 e. The fraction of sp³-hybridized carbons (Fsp3) is 0.333. The van der Waals surface area contributed by atoms with E-state index in [0.29, 0.717) is 17.2 Å². The molecule has 1 atom stereocenters. The highest BCUT2D eigenvalue weighted by molar-refractivity contribution is 7.98. The number of thiazole rings is 1. The van der Waals surface area contributed by atoms with Gasteiger partial charge >= 0.3 is 0 Å². The number of carbonyl (C=O) groups is 2. The van der Waals surface area contributed by atoms with Crippen LogP contribution in [0, 0.1) is 6.92 Å². The van der Waals surface area contributed by atoms with E-state index in [9.17, 15) is 13.8 Å². The molecule has 9 heteroatoms. The van der Waals surface area contributed by atoms with Gasteiger partial charge in [-0.3, -0.25) is 14.3 Å². The molecule has 0 bridgehead atoms. The summed E-state index contributed by atoms with van der Waals surface area (Å²) in [4.78, 5) is 31.8. The molecule has 2 amide bonds. The number of hydrogen-bond donors (Lipinski definition) is 2. The fourth-order valence-electron chi connectivity index (χ4n) is 3.06. The van der Waals surface area contributed by atoms with Crippen LogP contribution in [0.2, 0.25) is 0 Å². The highest BCUT2D eigenvalue weighted by Crippen LogP contribution is 2.31. The molecule has 1 aliphatic heterocycles. The minimum absolute atomic E-state index is 0.114. The number of aromatic nitrogens is 1. The number of benzene rings is 1. The zero-order valence-electron chi connectivity index (χ0n) is 15.5. The van der Waals surface area contributed by atoms with E-state index in [0.717, 1.165) is 29.0 Å². The Labute approximate surface area is 162 Å². The van der Waals surface area contributed by atoms with Crippen LogP contribution in [-0.4, -0.2) is 46.7 Å². The van der Waals surface area contributed by atoms with Crippen LogP contribution in [0.15, 0.2) is 18.2 Å². The molecule has 7 nitrogen and oxygen atoms in total. The van der Waals surface area contributed by atoms with Crippen LogP contribution in [0.1, 0.15) is 36.9 Å². The van der Waals surface area contributed by atoms with Crippen LogP contribution in [-0.2, 0) is 22.7 Å². The first-order valence-electron chi connectivity index (χ1n) is 8.39. The average Bonchev–Trinajstić information content (AvgIpc) is 3.00. The predicted molar refractivity (Wildman–Crippen MR) is 110 cm³/mol. The number of hydrogen-bond acceptors (Lipinski definition) is 6. The summed E-state index contributed by atoms with van der Waals surface area (Å²) in [6.07, 6.45) is 2.16. The SMILES string of the molecule is C=S(C)(=O)NC(=O)c1nc(N2CCc3cccc(C(=O)NC)c3C2)sc1C. The third-order valence-electron chi connectivity index (χ3n) is 4.32. The molecule has 0 saturated carbocycles. The number of nitrogens with one attached hydrogen (secondary N) is 2. The fourth-order valence-corrected chi connectivity index (χ4v) is 4.48. The Morgan fingerprint density at radius 3 is 2.74 bits per heavy atom. The quantitative estimate of drug-likeness (QED) is 0.749. The topological polar surface area (TPSA) is 91.4 Å². The Morgan fingerprint density at radius 1 is 1.33 bits per heavy atom. The molecular weight excluding hydrogens is 384 g/mol. The lowest BCUT2D eigenvalue weighted by Crippen LogP contribution is -2.33.